The van der Waals surface area contributed by atoms with Gasteiger partial charge in [0.1, 0.15) is 0 Å². The summed E-state index contributed by atoms with van der Waals surface area (Å²) < 4.78 is 5.06. The Hall–Kier alpha value is -1.88. The Balaban J connectivity index is 3.37. The van der Waals surface area contributed by atoms with Crippen molar-refractivity contribution < 1.29 is 19.4 Å². The molecule has 1 rings (SSSR count). The van der Waals surface area contributed by atoms with Crippen LogP contribution in [0.3, 0.4) is 0 Å². The molecule has 1 amide bonds. The number of para-hydroxylation sites is 1. The minimum absolute atomic E-state index is 0.274. The summed E-state index contributed by atoms with van der Waals surface area (Å²) in [6.07, 6.45) is 0.722. The van der Waals surface area contributed by atoms with Crippen molar-refractivity contribution in [3.8, 4) is 0 Å². The number of carboxylic acid groups (broad SMARTS) is 1. The minimum Gasteiger partial charge on any atom is -0.474 e. The summed E-state index contributed by atoms with van der Waals surface area (Å²) in [7, 11) is 1.53. The van der Waals surface area contributed by atoms with Gasteiger partial charge in [-0.15, -0.1) is 0 Å². The predicted molar refractivity (Wildman–Crippen MR) is 77.0 cm³/mol. The highest BCUT2D eigenvalue weighted by Gasteiger charge is 2.29. The van der Waals surface area contributed by atoms with Gasteiger partial charge in [-0.05, 0) is 31.4 Å². The number of carbonyl (C=O) groups is 2. The van der Waals surface area contributed by atoms with Crippen LogP contribution in [-0.4, -0.2) is 36.7 Å². The van der Waals surface area contributed by atoms with E-state index >= 15 is 0 Å². The first kappa shape index (κ1) is 16.2. The van der Waals surface area contributed by atoms with Crippen LogP contribution in [0.4, 0.5) is 5.69 Å². The van der Waals surface area contributed by atoms with Crippen molar-refractivity contribution in [1.29, 1.82) is 0 Å². The number of anilines is 1. The summed E-state index contributed by atoms with van der Waals surface area (Å²) in [5, 5.41) is 9.05. The molecule has 20 heavy (non-hydrogen) atoms. The Morgan fingerprint density at radius 2 is 2.05 bits per heavy atom. The Labute approximate surface area is 119 Å². The molecule has 0 radical (unpaired) electrons. The van der Waals surface area contributed by atoms with Crippen molar-refractivity contribution in [2.24, 2.45) is 0 Å². The molecule has 5 heteroatoms. The van der Waals surface area contributed by atoms with Crippen LogP contribution in [0.25, 0.3) is 0 Å². The van der Waals surface area contributed by atoms with Gasteiger partial charge >= 0.3 is 11.9 Å². The SMILES string of the molecule is CCc1cccc(C)c1N(C(=O)C(=O)O)C(C)COC. The molecule has 0 bridgehead atoms. The van der Waals surface area contributed by atoms with E-state index in [-0.39, 0.29) is 12.6 Å². The Kier molecular flexibility index (Phi) is 5.70. The molecular formula is C15H21NO4. The maximum absolute atomic E-state index is 12.1. The van der Waals surface area contributed by atoms with E-state index in [1.807, 2.05) is 32.0 Å². The van der Waals surface area contributed by atoms with Crippen LogP contribution in [-0.2, 0) is 20.7 Å². The van der Waals surface area contributed by atoms with Gasteiger partial charge in [-0.2, -0.15) is 0 Å². The first-order valence-electron chi connectivity index (χ1n) is 6.57. The van der Waals surface area contributed by atoms with Gasteiger partial charge in [0.2, 0.25) is 0 Å². The topological polar surface area (TPSA) is 66.8 Å². The van der Waals surface area contributed by atoms with E-state index in [2.05, 4.69) is 0 Å². The van der Waals surface area contributed by atoms with Crippen LogP contribution >= 0.6 is 0 Å². The molecule has 0 aliphatic carbocycles. The average Bonchev–Trinajstić information content (AvgIpc) is 2.40. The van der Waals surface area contributed by atoms with E-state index in [1.165, 1.54) is 12.0 Å². The molecule has 1 atom stereocenters. The largest absolute Gasteiger partial charge is 0.474 e. The van der Waals surface area contributed by atoms with E-state index in [4.69, 9.17) is 9.84 Å². The van der Waals surface area contributed by atoms with Crippen LogP contribution in [0.1, 0.15) is 25.0 Å². The zero-order chi connectivity index (χ0) is 15.3. The minimum atomic E-state index is -1.46. The average molecular weight is 279 g/mol. The van der Waals surface area contributed by atoms with Gasteiger partial charge in [-0.3, -0.25) is 9.69 Å². The van der Waals surface area contributed by atoms with Gasteiger partial charge < -0.3 is 9.84 Å². The lowest BCUT2D eigenvalue weighted by molar-refractivity contribution is -0.149. The number of benzene rings is 1. The Bertz CT molecular complexity index is 499. The predicted octanol–water partition coefficient (Wildman–Crippen LogP) is 2.01. The van der Waals surface area contributed by atoms with Crippen molar-refractivity contribution >= 4 is 17.6 Å². The summed E-state index contributed by atoms with van der Waals surface area (Å²) in [6.45, 7) is 5.89. The van der Waals surface area contributed by atoms with Gasteiger partial charge in [0.25, 0.3) is 0 Å². The van der Waals surface area contributed by atoms with E-state index in [9.17, 15) is 9.59 Å². The first-order chi connectivity index (χ1) is 9.43. The van der Waals surface area contributed by atoms with Crippen molar-refractivity contribution in [3.05, 3.63) is 29.3 Å². The molecule has 1 unspecified atom stereocenters. The highest BCUT2D eigenvalue weighted by atomic mass is 16.5. The number of amides is 1. The zero-order valence-corrected chi connectivity index (χ0v) is 12.3. The monoisotopic (exact) mass is 279 g/mol. The van der Waals surface area contributed by atoms with Gasteiger partial charge in [-0.25, -0.2) is 4.79 Å². The molecule has 0 fully saturated rings. The maximum atomic E-state index is 12.1. The second-order valence-electron chi connectivity index (χ2n) is 4.72. The normalized spacial score (nSPS) is 12.0. The third-order valence-electron chi connectivity index (χ3n) is 3.19. The highest BCUT2D eigenvalue weighted by Crippen LogP contribution is 2.28. The number of nitrogens with zero attached hydrogens (tertiary/aromatic N) is 1. The second-order valence-corrected chi connectivity index (χ2v) is 4.72. The quantitative estimate of drug-likeness (QED) is 0.837. The number of aryl methyl sites for hydroxylation is 2. The molecule has 0 aliphatic rings. The van der Waals surface area contributed by atoms with Crippen molar-refractivity contribution in [3.63, 3.8) is 0 Å². The molecule has 0 spiro atoms. The lowest BCUT2D eigenvalue weighted by Gasteiger charge is -2.30. The fourth-order valence-corrected chi connectivity index (χ4v) is 2.29. The van der Waals surface area contributed by atoms with Gasteiger partial charge in [0, 0.05) is 7.11 Å². The molecule has 1 aromatic rings. The van der Waals surface area contributed by atoms with Crippen LogP contribution in [0.2, 0.25) is 0 Å². The fraction of sp³-hybridized carbons (Fsp3) is 0.467. The number of methoxy groups -OCH3 is 1. The molecule has 0 saturated heterocycles. The summed E-state index contributed by atoms with van der Waals surface area (Å²) in [4.78, 5) is 24.5. The molecule has 0 heterocycles. The van der Waals surface area contributed by atoms with Crippen molar-refractivity contribution in [2.75, 3.05) is 18.6 Å². The van der Waals surface area contributed by atoms with Gasteiger partial charge in [0.05, 0.1) is 18.3 Å². The van der Waals surface area contributed by atoms with Crippen LogP contribution in [0.5, 0.6) is 0 Å². The highest BCUT2D eigenvalue weighted by molar-refractivity contribution is 6.37. The zero-order valence-electron chi connectivity index (χ0n) is 12.3. The number of ether oxygens (including phenoxy) is 1. The number of aliphatic carboxylic acids is 1. The molecule has 0 aromatic heterocycles. The molecular weight excluding hydrogens is 258 g/mol. The first-order valence-corrected chi connectivity index (χ1v) is 6.57. The van der Waals surface area contributed by atoms with Crippen LogP contribution < -0.4 is 4.90 Å². The molecule has 0 aliphatic heterocycles. The summed E-state index contributed by atoms with van der Waals surface area (Å²) in [6, 6.07) is 5.33. The third-order valence-corrected chi connectivity index (χ3v) is 3.19. The molecule has 1 N–H and O–H groups in total. The Morgan fingerprint density at radius 3 is 2.55 bits per heavy atom. The summed E-state index contributed by atoms with van der Waals surface area (Å²) >= 11 is 0. The summed E-state index contributed by atoms with van der Waals surface area (Å²) in [5.74, 6) is -2.39. The molecule has 5 nitrogen and oxygen atoms in total. The number of hydrogen-bond acceptors (Lipinski definition) is 3. The van der Waals surface area contributed by atoms with Crippen LogP contribution in [0.15, 0.2) is 18.2 Å². The second kappa shape index (κ2) is 7.05. The number of hydrogen-bond donors (Lipinski definition) is 1. The van der Waals surface area contributed by atoms with E-state index in [1.54, 1.807) is 6.92 Å². The van der Waals surface area contributed by atoms with E-state index in [0.717, 1.165) is 17.5 Å². The van der Waals surface area contributed by atoms with Gasteiger partial charge in [0.15, 0.2) is 0 Å². The number of carboxylic acids is 1. The third kappa shape index (κ3) is 3.36. The molecule has 0 saturated carbocycles. The number of carbonyl (C=O) groups excluding carboxylic acids is 1. The van der Waals surface area contributed by atoms with Crippen molar-refractivity contribution in [1.82, 2.24) is 0 Å². The number of rotatable bonds is 5. The van der Waals surface area contributed by atoms with Crippen LogP contribution in [0, 0.1) is 6.92 Å². The fourth-order valence-electron chi connectivity index (χ4n) is 2.29. The van der Waals surface area contributed by atoms with E-state index in [0.29, 0.717) is 5.69 Å². The van der Waals surface area contributed by atoms with Gasteiger partial charge in [-0.1, -0.05) is 25.1 Å². The smallest absolute Gasteiger partial charge is 0.394 e. The maximum Gasteiger partial charge on any atom is 0.394 e. The Morgan fingerprint density at radius 1 is 1.40 bits per heavy atom. The molecule has 110 valence electrons. The molecule has 1 aromatic carbocycles. The lowest BCUT2D eigenvalue weighted by atomic mass is 10.0. The van der Waals surface area contributed by atoms with E-state index < -0.39 is 11.9 Å². The standard InChI is InChI=1S/C15H21NO4/c1-5-12-8-6-7-10(2)13(12)16(11(3)9-20-4)14(17)15(18)19/h6-8,11H,5,9H2,1-4H3,(H,18,19). The lowest BCUT2D eigenvalue weighted by Crippen LogP contribution is -2.45. The van der Waals surface area contributed by atoms with Crippen molar-refractivity contribution in [2.45, 2.75) is 33.2 Å². The summed E-state index contributed by atoms with van der Waals surface area (Å²) in [5.41, 5.74) is 2.50.